The zero-order chi connectivity index (χ0) is 60.1. The van der Waals surface area contributed by atoms with E-state index >= 15 is 0 Å². The first kappa shape index (κ1) is 54.5. The van der Waals surface area contributed by atoms with Gasteiger partial charge in [0.1, 0.15) is 0 Å². The largest absolute Gasteiger partial charge is 0.310 e. The summed E-state index contributed by atoms with van der Waals surface area (Å²) in [5.41, 5.74) is 25.5. The van der Waals surface area contributed by atoms with E-state index in [1.807, 2.05) is 22.7 Å². The van der Waals surface area contributed by atoms with Gasteiger partial charge in [0.25, 0.3) is 0 Å². The third kappa shape index (κ3) is 10.2. The summed E-state index contributed by atoms with van der Waals surface area (Å²) in [5.74, 6) is 0. The van der Waals surface area contributed by atoms with Crippen LogP contribution in [-0.4, -0.2) is 0 Å². The van der Waals surface area contributed by atoms with Crippen molar-refractivity contribution in [3.8, 4) is 77.9 Å². The van der Waals surface area contributed by atoms with E-state index in [0.29, 0.717) is 0 Å². The van der Waals surface area contributed by atoms with Crippen molar-refractivity contribution >= 4 is 97.1 Å². The van der Waals surface area contributed by atoms with Crippen molar-refractivity contribution in [1.29, 1.82) is 0 Å². The average Bonchev–Trinajstić information content (AvgIpc) is 1.24. The minimum Gasteiger partial charge on any atom is -0.310 e. The van der Waals surface area contributed by atoms with Gasteiger partial charge in [0, 0.05) is 74.2 Å². The minimum atomic E-state index is 1.09. The number of hydrogen-bond acceptors (Lipinski definition) is 4. The predicted molar refractivity (Wildman–Crippen MR) is 389 cm³/mol. The lowest BCUT2D eigenvalue weighted by Gasteiger charge is -2.30. The number of hydrogen-bond donors (Lipinski definition) is 0. The molecule has 2 nitrogen and oxygen atoms in total. The summed E-state index contributed by atoms with van der Waals surface area (Å²) in [5, 5.41) is 5.23. The van der Waals surface area contributed by atoms with Crippen LogP contribution in [0.4, 0.5) is 34.1 Å². The van der Waals surface area contributed by atoms with Gasteiger partial charge in [-0.15, -0.1) is 22.7 Å². The van der Waals surface area contributed by atoms with Crippen molar-refractivity contribution in [2.75, 3.05) is 9.80 Å². The summed E-state index contributed by atoms with van der Waals surface area (Å²) in [7, 11) is 0. The highest BCUT2D eigenvalue weighted by Gasteiger charge is 2.23. The Morgan fingerprint density at radius 1 is 0.200 bits per heavy atom. The highest BCUT2D eigenvalue weighted by atomic mass is 32.1. The fourth-order valence-corrected chi connectivity index (χ4v) is 15.3. The summed E-state index contributed by atoms with van der Waals surface area (Å²) >= 11 is 3.72. The van der Waals surface area contributed by atoms with Crippen LogP contribution in [-0.2, 0) is 0 Å². The Bertz CT molecular complexity index is 4960. The molecule has 0 saturated carbocycles. The molecule has 2 aromatic heterocycles. The highest BCUT2D eigenvalue weighted by Crippen LogP contribution is 2.47. The van der Waals surface area contributed by atoms with Crippen LogP contribution in [0.5, 0.6) is 0 Å². The summed E-state index contributed by atoms with van der Waals surface area (Å²) in [6.07, 6.45) is 0. The van der Waals surface area contributed by atoms with Gasteiger partial charge in [-0.2, -0.15) is 0 Å². The first-order valence-corrected chi connectivity index (χ1v) is 32.4. The molecule has 0 aliphatic rings. The lowest BCUT2D eigenvalue weighted by Crippen LogP contribution is -2.13. The van der Waals surface area contributed by atoms with E-state index in [4.69, 9.17) is 0 Å². The fourth-order valence-electron chi connectivity index (χ4n) is 13.2. The third-order valence-corrected chi connectivity index (χ3v) is 20.1. The van der Waals surface area contributed by atoms with Crippen LogP contribution in [0.1, 0.15) is 11.1 Å². The molecular formula is C86H60N2S2. The maximum Gasteiger partial charge on any atom is 0.0540 e. The number of benzene rings is 14. The third-order valence-electron chi connectivity index (χ3n) is 17.8. The number of thiophene rings is 2. The number of aryl methyl sites for hydroxylation is 2. The monoisotopic (exact) mass is 1180 g/mol. The zero-order valence-electron chi connectivity index (χ0n) is 49.9. The van der Waals surface area contributed by atoms with Gasteiger partial charge in [-0.25, -0.2) is 0 Å². The number of para-hydroxylation sites is 2. The second kappa shape index (κ2) is 23.3. The lowest BCUT2D eigenvalue weighted by atomic mass is 9.96. The van der Waals surface area contributed by atoms with E-state index in [-0.39, 0.29) is 0 Å². The second-order valence-electron chi connectivity index (χ2n) is 23.3. The predicted octanol–water partition coefficient (Wildman–Crippen LogP) is 25.6. The summed E-state index contributed by atoms with van der Waals surface area (Å²) < 4.78 is 5.26. The summed E-state index contributed by atoms with van der Waals surface area (Å²) in [6.45, 7) is 4.52. The Balaban J connectivity index is 0.772. The second-order valence-corrected chi connectivity index (χ2v) is 25.5. The zero-order valence-corrected chi connectivity index (χ0v) is 51.5. The topological polar surface area (TPSA) is 6.48 Å². The maximum atomic E-state index is 2.45. The molecule has 0 unspecified atom stereocenters. The molecule has 426 valence electrons. The SMILES string of the molecule is Cc1cc(-c2ccc(N(c3ccc(-c4ccc5sc6ccccc6c5c4)cc3)c3ccccc3-c3ccc(-c4ccccc4)cc3)c(C)c2)ccc1N(c1ccc(-c2ccc3sc4ccccc4c3c2)cc1)c1ccccc1-c1ccc(-c2ccccc2)cc1. The van der Waals surface area contributed by atoms with Gasteiger partial charge in [0.05, 0.1) is 11.4 Å². The van der Waals surface area contributed by atoms with Gasteiger partial charge in [0.15, 0.2) is 0 Å². The molecule has 0 aliphatic heterocycles. The highest BCUT2D eigenvalue weighted by molar-refractivity contribution is 7.26. The normalized spacial score (nSPS) is 11.4. The van der Waals surface area contributed by atoms with Crippen molar-refractivity contribution in [3.05, 3.63) is 339 Å². The van der Waals surface area contributed by atoms with Crippen LogP contribution in [0.15, 0.2) is 328 Å². The Morgan fingerprint density at radius 3 is 0.900 bits per heavy atom. The molecule has 0 amide bonds. The number of anilines is 6. The Kier molecular flexibility index (Phi) is 14.1. The van der Waals surface area contributed by atoms with Crippen molar-refractivity contribution < 1.29 is 0 Å². The molecule has 0 radical (unpaired) electrons. The van der Waals surface area contributed by atoms with Crippen LogP contribution < -0.4 is 9.80 Å². The van der Waals surface area contributed by atoms with Crippen molar-refractivity contribution in [1.82, 2.24) is 0 Å². The molecule has 0 bridgehead atoms. The van der Waals surface area contributed by atoms with E-state index in [1.54, 1.807) is 0 Å². The molecule has 2 heterocycles. The van der Waals surface area contributed by atoms with Crippen LogP contribution in [0.2, 0.25) is 0 Å². The first-order chi connectivity index (χ1) is 44.4. The fraction of sp³-hybridized carbons (Fsp3) is 0.0233. The van der Waals surface area contributed by atoms with Crippen LogP contribution in [0.25, 0.3) is 118 Å². The average molecular weight is 1190 g/mol. The van der Waals surface area contributed by atoms with E-state index < -0.39 is 0 Å². The molecule has 0 N–H and O–H groups in total. The molecule has 90 heavy (non-hydrogen) atoms. The first-order valence-electron chi connectivity index (χ1n) is 30.8. The van der Waals surface area contributed by atoms with Crippen LogP contribution >= 0.6 is 22.7 Å². The number of nitrogens with zero attached hydrogens (tertiary/aromatic N) is 2. The van der Waals surface area contributed by atoms with E-state index in [2.05, 4.69) is 351 Å². The van der Waals surface area contributed by atoms with Gasteiger partial charge in [-0.1, -0.05) is 231 Å². The molecular weight excluding hydrogens is 1130 g/mol. The molecule has 0 spiro atoms. The van der Waals surface area contributed by atoms with Gasteiger partial charge in [-0.05, 0) is 189 Å². The Morgan fingerprint density at radius 2 is 0.489 bits per heavy atom. The van der Waals surface area contributed by atoms with E-state index in [9.17, 15) is 0 Å². The molecule has 0 fully saturated rings. The van der Waals surface area contributed by atoms with Gasteiger partial charge >= 0.3 is 0 Å². The quantitative estimate of drug-likeness (QED) is 0.114. The molecule has 0 aliphatic carbocycles. The standard InChI is InChI=1S/C86H60N2S2/c1-57-53-67(41-49-79(57)87(81-25-13-9-21-73(81)65-33-29-61(30-34-65)59-17-5-3-6-18-59)71-45-37-63(38-46-71)69-43-51-85-77(55-69)75-23-11-15-27-83(75)89-85)68-42-50-80(58(2)54-68)88(82-26-14-10-22-74(82)66-35-31-62(32-36-66)60-19-7-4-8-20-60)72-47-39-64(40-48-72)70-44-52-86-78(56-70)76-24-12-16-28-84(76)90-86/h3-56H,1-2H3. The van der Waals surface area contributed by atoms with Gasteiger partial charge < -0.3 is 9.80 Å². The Hall–Kier alpha value is -10.9. The molecule has 4 heteroatoms. The molecule has 16 rings (SSSR count). The lowest BCUT2D eigenvalue weighted by molar-refractivity contribution is 1.24. The number of rotatable bonds is 13. The molecule has 0 atom stereocenters. The minimum absolute atomic E-state index is 1.09. The summed E-state index contributed by atoms with van der Waals surface area (Å²) in [4.78, 5) is 4.90. The van der Waals surface area contributed by atoms with Crippen molar-refractivity contribution in [2.24, 2.45) is 0 Å². The van der Waals surface area contributed by atoms with Crippen molar-refractivity contribution in [3.63, 3.8) is 0 Å². The van der Waals surface area contributed by atoms with Crippen LogP contribution in [0.3, 0.4) is 0 Å². The summed E-state index contributed by atoms with van der Waals surface area (Å²) in [6, 6.07) is 121. The van der Waals surface area contributed by atoms with Gasteiger partial charge in [-0.3, -0.25) is 0 Å². The molecule has 0 saturated heterocycles. The van der Waals surface area contributed by atoms with E-state index in [0.717, 1.165) is 67.5 Å². The smallest absolute Gasteiger partial charge is 0.0540 e. The molecule has 16 aromatic rings. The molecule has 14 aromatic carbocycles. The van der Waals surface area contributed by atoms with Gasteiger partial charge in [0.2, 0.25) is 0 Å². The Labute approximate surface area is 533 Å². The maximum absolute atomic E-state index is 2.45. The van der Waals surface area contributed by atoms with E-state index in [1.165, 1.54) is 96.0 Å². The van der Waals surface area contributed by atoms with Crippen LogP contribution in [0, 0.1) is 13.8 Å². The number of fused-ring (bicyclic) bond motifs is 6. The van der Waals surface area contributed by atoms with Crippen molar-refractivity contribution in [2.45, 2.75) is 13.8 Å².